The van der Waals surface area contributed by atoms with Crippen molar-refractivity contribution < 1.29 is 18.1 Å². The molecule has 5 rings (SSSR count). The van der Waals surface area contributed by atoms with Crippen molar-refractivity contribution in [2.24, 2.45) is 0 Å². The summed E-state index contributed by atoms with van der Waals surface area (Å²) >= 11 is 0. The third-order valence-electron chi connectivity index (χ3n) is 4.66. The molecule has 0 aliphatic carbocycles. The van der Waals surface area contributed by atoms with E-state index < -0.39 is 0 Å². The van der Waals surface area contributed by atoms with Crippen LogP contribution < -0.4 is 5.32 Å². The summed E-state index contributed by atoms with van der Waals surface area (Å²) in [6.07, 6.45) is 2.05. The van der Waals surface area contributed by atoms with E-state index in [2.05, 4.69) is 25.4 Å². The third kappa shape index (κ3) is 2.86. The summed E-state index contributed by atoms with van der Waals surface area (Å²) in [5.41, 5.74) is 1.90. The van der Waals surface area contributed by atoms with Gasteiger partial charge in [-0.2, -0.15) is 4.98 Å². The molecule has 9 heteroatoms. The van der Waals surface area contributed by atoms with Gasteiger partial charge < -0.3 is 19.2 Å². The maximum absolute atomic E-state index is 13.2. The highest BCUT2D eigenvalue weighted by Crippen LogP contribution is 2.27. The summed E-state index contributed by atoms with van der Waals surface area (Å²) in [5.74, 6) is 0.642. The molecule has 0 spiro atoms. The highest BCUT2D eigenvalue weighted by Gasteiger charge is 2.27. The van der Waals surface area contributed by atoms with Gasteiger partial charge in [-0.05, 0) is 36.2 Å². The lowest BCUT2D eigenvalue weighted by Gasteiger charge is -2.14. The largest absolute Gasteiger partial charge is 0.459 e. The monoisotopic (exact) mass is 379 g/mol. The van der Waals surface area contributed by atoms with Crippen LogP contribution in [0.5, 0.6) is 0 Å². The predicted molar refractivity (Wildman–Crippen MR) is 94.8 cm³/mol. The number of benzene rings is 1. The summed E-state index contributed by atoms with van der Waals surface area (Å²) in [4.78, 5) is 24.2. The minimum Gasteiger partial charge on any atom is -0.459 e. The van der Waals surface area contributed by atoms with E-state index >= 15 is 0 Å². The first-order valence-corrected chi connectivity index (χ1v) is 8.68. The molecule has 1 aliphatic rings. The fourth-order valence-electron chi connectivity index (χ4n) is 3.26. The Morgan fingerprint density at radius 1 is 1.14 bits per heavy atom. The molecule has 1 aromatic carbocycles. The number of nitrogens with zero attached hydrogens (tertiary/aromatic N) is 3. The minimum atomic E-state index is -0.296. The maximum Gasteiger partial charge on any atom is 0.294 e. The molecule has 0 saturated heterocycles. The van der Waals surface area contributed by atoms with Gasteiger partial charge in [-0.1, -0.05) is 17.3 Å². The van der Waals surface area contributed by atoms with Crippen LogP contribution in [0.3, 0.4) is 0 Å². The van der Waals surface area contributed by atoms with Crippen LogP contribution in [0.4, 0.5) is 4.39 Å². The van der Waals surface area contributed by atoms with Gasteiger partial charge in [0, 0.05) is 18.2 Å². The van der Waals surface area contributed by atoms with Crippen LogP contribution in [0.15, 0.2) is 51.6 Å². The average Bonchev–Trinajstić information content (AvgIpc) is 3.43. The topological polar surface area (TPSA) is 110 Å². The van der Waals surface area contributed by atoms with Crippen LogP contribution in [-0.2, 0) is 6.42 Å². The number of rotatable bonds is 3. The second kappa shape index (κ2) is 6.45. The summed E-state index contributed by atoms with van der Waals surface area (Å²) in [6, 6.07) is 9.70. The molecule has 2 N–H and O–H groups in total. The lowest BCUT2D eigenvalue weighted by Crippen LogP contribution is -2.26. The SMILES string of the molecule is O=C1NC[C@H](c2ccc(F)cc2)Cc2[nH]c(-c3noc(-c4ccco4)n3)nc21. The zero-order chi connectivity index (χ0) is 19.1. The van der Waals surface area contributed by atoms with E-state index in [1.54, 1.807) is 24.3 Å². The Balaban J connectivity index is 1.47. The molecule has 0 bridgehead atoms. The maximum atomic E-state index is 13.2. The van der Waals surface area contributed by atoms with E-state index in [4.69, 9.17) is 8.94 Å². The van der Waals surface area contributed by atoms with Crippen molar-refractivity contribution in [3.8, 4) is 23.3 Å². The normalized spacial score (nSPS) is 16.5. The summed E-state index contributed by atoms with van der Waals surface area (Å²) < 4.78 is 23.6. The lowest BCUT2D eigenvalue weighted by molar-refractivity contribution is 0.0950. The van der Waals surface area contributed by atoms with Gasteiger partial charge in [0.2, 0.25) is 5.82 Å². The molecule has 0 fully saturated rings. The molecular weight excluding hydrogens is 365 g/mol. The number of hydrogen-bond acceptors (Lipinski definition) is 6. The van der Waals surface area contributed by atoms with E-state index in [-0.39, 0.29) is 29.4 Å². The number of hydrogen-bond donors (Lipinski definition) is 2. The second-order valence-corrected chi connectivity index (χ2v) is 6.48. The number of aromatic amines is 1. The van der Waals surface area contributed by atoms with Gasteiger partial charge in [0.15, 0.2) is 11.6 Å². The number of carbonyl (C=O) groups excluding carboxylic acids is 1. The van der Waals surface area contributed by atoms with Crippen molar-refractivity contribution in [2.45, 2.75) is 12.3 Å². The zero-order valence-electron chi connectivity index (χ0n) is 14.5. The van der Waals surface area contributed by atoms with Crippen molar-refractivity contribution in [1.82, 2.24) is 25.4 Å². The van der Waals surface area contributed by atoms with Gasteiger partial charge >= 0.3 is 0 Å². The lowest BCUT2D eigenvalue weighted by atomic mass is 9.94. The summed E-state index contributed by atoms with van der Waals surface area (Å²) in [7, 11) is 0. The van der Waals surface area contributed by atoms with Gasteiger partial charge in [0.1, 0.15) is 11.5 Å². The fourth-order valence-corrected chi connectivity index (χ4v) is 3.26. The van der Waals surface area contributed by atoms with Crippen LogP contribution in [0.1, 0.15) is 27.7 Å². The van der Waals surface area contributed by atoms with Crippen LogP contribution in [0, 0.1) is 5.82 Å². The number of imidazole rings is 1. The molecular formula is C19H14FN5O3. The highest BCUT2D eigenvalue weighted by molar-refractivity contribution is 5.94. The number of furan rings is 1. The van der Waals surface area contributed by atoms with Gasteiger partial charge in [0.25, 0.3) is 11.8 Å². The standard InChI is InChI=1S/C19H14FN5O3/c20-12-5-3-10(4-6-12)11-8-13-15(18(26)21-9-11)23-16(22-13)17-24-19(28-25-17)14-2-1-7-27-14/h1-7,11H,8-9H2,(H,21,26)(H,22,23)/t11-/m1/s1. The average molecular weight is 379 g/mol. The number of amides is 1. The number of aromatic nitrogens is 4. The van der Waals surface area contributed by atoms with Crippen molar-refractivity contribution >= 4 is 5.91 Å². The molecule has 8 nitrogen and oxygen atoms in total. The summed E-state index contributed by atoms with van der Waals surface area (Å²) in [6.45, 7) is 0.439. The number of halogens is 1. The quantitative estimate of drug-likeness (QED) is 0.566. The Morgan fingerprint density at radius 2 is 2.00 bits per heavy atom. The Hall–Kier alpha value is -3.75. The van der Waals surface area contributed by atoms with Gasteiger partial charge in [0.05, 0.1) is 6.26 Å². The molecule has 28 heavy (non-hydrogen) atoms. The molecule has 0 radical (unpaired) electrons. The first kappa shape index (κ1) is 16.4. The smallest absolute Gasteiger partial charge is 0.294 e. The van der Waals surface area contributed by atoms with Gasteiger partial charge in [-0.3, -0.25) is 4.79 Å². The first-order valence-electron chi connectivity index (χ1n) is 8.68. The number of H-pyrrole nitrogens is 1. The highest BCUT2D eigenvalue weighted by atomic mass is 19.1. The van der Waals surface area contributed by atoms with Crippen LogP contribution in [-0.4, -0.2) is 32.6 Å². The van der Waals surface area contributed by atoms with Crippen LogP contribution in [0.25, 0.3) is 23.3 Å². The molecule has 0 unspecified atom stereocenters. The molecule has 0 saturated carbocycles. The van der Waals surface area contributed by atoms with Crippen molar-refractivity contribution in [3.63, 3.8) is 0 Å². The van der Waals surface area contributed by atoms with E-state index in [1.807, 2.05) is 0 Å². The van der Waals surface area contributed by atoms with Crippen LogP contribution >= 0.6 is 0 Å². The van der Waals surface area contributed by atoms with E-state index in [0.29, 0.717) is 35.9 Å². The Labute approximate surface area is 157 Å². The Bertz CT molecular complexity index is 1130. The van der Waals surface area contributed by atoms with Gasteiger partial charge in [-0.25, -0.2) is 9.37 Å². The van der Waals surface area contributed by atoms with Crippen molar-refractivity contribution in [2.75, 3.05) is 6.54 Å². The number of fused-ring (bicyclic) bond motifs is 1. The molecule has 140 valence electrons. The Kier molecular flexibility index (Phi) is 3.78. The zero-order valence-corrected chi connectivity index (χ0v) is 14.5. The fraction of sp³-hybridized carbons (Fsp3) is 0.158. The predicted octanol–water partition coefficient (Wildman–Crippen LogP) is 2.93. The molecule has 1 amide bonds. The van der Waals surface area contributed by atoms with Crippen molar-refractivity contribution in [1.29, 1.82) is 0 Å². The van der Waals surface area contributed by atoms with Crippen molar-refractivity contribution in [3.05, 3.63) is 65.4 Å². The van der Waals surface area contributed by atoms with E-state index in [1.165, 1.54) is 18.4 Å². The second-order valence-electron chi connectivity index (χ2n) is 6.48. The molecule has 3 aromatic heterocycles. The first-order chi connectivity index (χ1) is 13.7. The number of carbonyl (C=O) groups is 1. The molecule has 4 heterocycles. The third-order valence-corrected chi connectivity index (χ3v) is 4.66. The number of nitrogens with one attached hydrogen (secondary N) is 2. The van der Waals surface area contributed by atoms with E-state index in [0.717, 1.165) is 5.56 Å². The molecule has 4 aromatic rings. The summed E-state index contributed by atoms with van der Waals surface area (Å²) in [5, 5.41) is 6.77. The minimum absolute atomic E-state index is 0.0111. The Morgan fingerprint density at radius 3 is 2.79 bits per heavy atom. The molecule has 1 aliphatic heterocycles. The van der Waals surface area contributed by atoms with Crippen LogP contribution in [0.2, 0.25) is 0 Å². The van der Waals surface area contributed by atoms with E-state index in [9.17, 15) is 9.18 Å². The molecule has 1 atom stereocenters. The van der Waals surface area contributed by atoms with Gasteiger partial charge in [-0.15, -0.1) is 0 Å².